The van der Waals surface area contributed by atoms with Gasteiger partial charge in [0.2, 0.25) is 0 Å². The van der Waals surface area contributed by atoms with Crippen LogP contribution in [0.1, 0.15) is 13.3 Å². The summed E-state index contributed by atoms with van der Waals surface area (Å²) in [6.45, 7) is 3.01. The molecule has 0 saturated heterocycles. The Morgan fingerprint density at radius 3 is 2.77 bits per heavy atom. The highest BCUT2D eigenvalue weighted by Crippen LogP contribution is 2.28. The van der Waals surface area contributed by atoms with Crippen LogP contribution >= 0.6 is 0 Å². The molecular weight excluding hydrogens is 164 g/mol. The van der Waals surface area contributed by atoms with Crippen LogP contribution in [0.3, 0.4) is 0 Å². The third kappa shape index (κ3) is 2.28. The molecule has 3 heteroatoms. The number of phenols is 1. The van der Waals surface area contributed by atoms with Gasteiger partial charge in [0.1, 0.15) is 5.75 Å². The summed E-state index contributed by atoms with van der Waals surface area (Å²) in [5, 5.41) is 9.53. The van der Waals surface area contributed by atoms with E-state index in [9.17, 15) is 5.11 Å². The van der Waals surface area contributed by atoms with E-state index in [1.807, 2.05) is 11.9 Å². The van der Waals surface area contributed by atoms with Gasteiger partial charge in [-0.1, -0.05) is 6.92 Å². The minimum Gasteiger partial charge on any atom is -0.506 e. The van der Waals surface area contributed by atoms with Gasteiger partial charge in [-0.2, -0.15) is 0 Å². The van der Waals surface area contributed by atoms with Crippen molar-refractivity contribution in [3.8, 4) is 5.75 Å². The normalized spacial score (nSPS) is 10.0. The number of nitrogen functional groups attached to an aromatic ring is 1. The summed E-state index contributed by atoms with van der Waals surface area (Å²) in [5.41, 5.74) is 7.09. The van der Waals surface area contributed by atoms with Crippen LogP contribution < -0.4 is 10.6 Å². The molecule has 0 fully saturated rings. The third-order valence-electron chi connectivity index (χ3n) is 1.97. The highest BCUT2D eigenvalue weighted by Gasteiger charge is 2.05. The summed E-state index contributed by atoms with van der Waals surface area (Å²) < 4.78 is 0. The average Bonchev–Trinajstić information content (AvgIpc) is 2.09. The Morgan fingerprint density at radius 2 is 2.15 bits per heavy atom. The molecule has 72 valence electrons. The van der Waals surface area contributed by atoms with Gasteiger partial charge >= 0.3 is 0 Å². The smallest absolute Gasteiger partial charge is 0.139 e. The lowest BCUT2D eigenvalue weighted by Crippen LogP contribution is -2.17. The summed E-state index contributed by atoms with van der Waals surface area (Å²) in [4.78, 5) is 1.99. The lowest BCUT2D eigenvalue weighted by molar-refractivity contribution is 0.475. The maximum absolute atomic E-state index is 9.53. The molecule has 1 rings (SSSR count). The van der Waals surface area contributed by atoms with Crippen LogP contribution in [0.2, 0.25) is 0 Å². The van der Waals surface area contributed by atoms with E-state index in [0.717, 1.165) is 18.7 Å². The predicted octanol–water partition coefficient (Wildman–Crippen LogP) is 1.82. The van der Waals surface area contributed by atoms with Crippen LogP contribution in [0.5, 0.6) is 5.75 Å². The number of phenolic OH excluding ortho intramolecular Hbond substituents is 1. The van der Waals surface area contributed by atoms with Crippen molar-refractivity contribution in [2.24, 2.45) is 0 Å². The van der Waals surface area contributed by atoms with Gasteiger partial charge in [0.05, 0.1) is 5.69 Å². The first-order valence-corrected chi connectivity index (χ1v) is 4.44. The van der Waals surface area contributed by atoms with E-state index in [2.05, 4.69) is 6.92 Å². The fourth-order valence-electron chi connectivity index (χ4n) is 1.30. The second-order valence-electron chi connectivity index (χ2n) is 3.17. The minimum atomic E-state index is 0.283. The van der Waals surface area contributed by atoms with Crippen molar-refractivity contribution < 1.29 is 5.11 Å². The zero-order valence-electron chi connectivity index (χ0n) is 8.12. The first-order chi connectivity index (χ1) is 6.15. The van der Waals surface area contributed by atoms with Crippen molar-refractivity contribution in [1.82, 2.24) is 0 Å². The number of nitrogens with two attached hydrogens (primary N) is 1. The van der Waals surface area contributed by atoms with Gasteiger partial charge in [-0.05, 0) is 24.6 Å². The SMILES string of the molecule is CCCN(C)c1cc(N)ccc1O. The van der Waals surface area contributed by atoms with Crippen molar-refractivity contribution in [1.29, 1.82) is 0 Å². The molecule has 0 aliphatic rings. The van der Waals surface area contributed by atoms with E-state index in [-0.39, 0.29) is 5.75 Å². The quantitative estimate of drug-likeness (QED) is 0.551. The Labute approximate surface area is 78.8 Å². The van der Waals surface area contributed by atoms with Gasteiger partial charge in [-0.3, -0.25) is 0 Å². The number of hydrogen-bond acceptors (Lipinski definition) is 3. The molecule has 1 aromatic rings. The van der Waals surface area contributed by atoms with Crippen molar-refractivity contribution >= 4 is 11.4 Å². The fourth-order valence-corrected chi connectivity index (χ4v) is 1.30. The summed E-state index contributed by atoms with van der Waals surface area (Å²) in [7, 11) is 1.94. The monoisotopic (exact) mass is 180 g/mol. The molecule has 3 nitrogen and oxygen atoms in total. The van der Waals surface area contributed by atoms with Crippen LogP contribution in [0.25, 0.3) is 0 Å². The Kier molecular flexibility index (Phi) is 3.01. The number of nitrogens with zero attached hydrogens (tertiary/aromatic N) is 1. The molecule has 0 heterocycles. The van der Waals surface area contributed by atoms with Crippen molar-refractivity contribution in [2.75, 3.05) is 24.2 Å². The molecular formula is C10H16N2O. The molecule has 0 aromatic heterocycles. The zero-order valence-corrected chi connectivity index (χ0v) is 8.12. The molecule has 0 bridgehead atoms. The maximum atomic E-state index is 9.53. The van der Waals surface area contributed by atoms with Gasteiger partial charge in [-0.15, -0.1) is 0 Å². The van der Waals surface area contributed by atoms with Crippen LogP contribution in [-0.2, 0) is 0 Å². The Bertz CT molecular complexity index is 286. The lowest BCUT2D eigenvalue weighted by Gasteiger charge is -2.19. The predicted molar refractivity (Wildman–Crippen MR) is 56.1 cm³/mol. The van der Waals surface area contributed by atoms with Crippen molar-refractivity contribution in [3.63, 3.8) is 0 Å². The van der Waals surface area contributed by atoms with E-state index in [1.54, 1.807) is 18.2 Å². The Morgan fingerprint density at radius 1 is 1.46 bits per heavy atom. The first kappa shape index (κ1) is 9.71. The molecule has 0 saturated carbocycles. The van der Waals surface area contributed by atoms with Gasteiger partial charge in [0, 0.05) is 19.3 Å². The Hall–Kier alpha value is -1.38. The second-order valence-corrected chi connectivity index (χ2v) is 3.17. The topological polar surface area (TPSA) is 49.5 Å². The van der Waals surface area contributed by atoms with Crippen LogP contribution in [0.4, 0.5) is 11.4 Å². The largest absolute Gasteiger partial charge is 0.506 e. The van der Waals surface area contributed by atoms with Gasteiger partial charge in [-0.25, -0.2) is 0 Å². The van der Waals surface area contributed by atoms with E-state index < -0.39 is 0 Å². The highest BCUT2D eigenvalue weighted by atomic mass is 16.3. The molecule has 0 unspecified atom stereocenters. The molecule has 0 aliphatic carbocycles. The number of anilines is 2. The average molecular weight is 180 g/mol. The summed E-state index contributed by atoms with van der Waals surface area (Å²) in [6.07, 6.45) is 1.05. The molecule has 0 atom stereocenters. The molecule has 13 heavy (non-hydrogen) atoms. The van der Waals surface area contributed by atoms with Crippen molar-refractivity contribution in [3.05, 3.63) is 18.2 Å². The molecule has 1 aromatic carbocycles. The van der Waals surface area contributed by atoms with Gasteiger partial charge in [0.25, 0.3) is 0 Å². The number of rotatable bonds is 3. The van der Waals surface area contributed by atoms with E-state index in [0.29, 0.717) is 5.69 Å². The standard InChI is InChI=1S/C10H16N2O/c1-3-6-12(2)9-7-8(11)4-5-10(9)13/h4-5,7,13H,3,6,11H2,1-2H3. The van der Waals surface area contributed by atoms with E-state index in [4.69, 9.17) is 5.73 Å². The summed E-state index contributed by atoms with van der Waals surface area (Å²) in [6, 6.07) is 5.10. The minimum absolute atomic E-state index is 0.283. The maximum Gasteiger partial charge on any atom is 0.139 e. The van der Waals surface area contributed by atoms with Gasteiger partial charge in [0.15, 0.2) is 0 Å². The number of hydrogen-bond donors (Lipinski definition) is 2. The second kappa shape index (κ2) is 4.03. The molecule has 3 N–H and O–H groups in total. The molecule has 0 amide bonds. The highest BCUT2D eigenvalue weighted by molar-refractivity contribution is 5.63. The lowest BCUT2D eigenvalue weighted by atomic mass is 10.2. The Balaban J connectivity index is 2.91. The molecule has 0 radical (unpaired) electrons. The zero-order chi connectivity index (χ0) is 9.84. The van der Waals surface area contributed by atoms with Crippen LogP contribution in [-0.4, -0.2) is 18.7 Å². The first-order valence-electron chi connectivity index (χ1n) is 4.44. The van der Waals surface area contributed by atoms with Gasteiger partial charge < -0.3 is 15.7 Å². The summed E-state index contributed by atoms with van der Waals surface area (Å²) >= 11 is 0. The van der Waals surface area contributed by atoms with Crippen molar-refractivity contribution in [2.45, 2.75) is 13.3 Å². The summed E-state index contributed by atoms with van der Waals surface area (Å²) in [5.74, 6) is 0.283. The van der Waals surface area contributed by atoms with Crippen LogP contribution in [0, 0.1) is 0 Å². The van der Waals surface area contributed by atoms with E-state index >= 15 is 0 Å². The van der Waals surface area contributed by atoms with E-state index in [1.165, 1.54) is 0 Å². The number of aromatic hydroxyl groups is 1. The molecule has 0 spiro atoms. The fraction of sp³-hybridized carbons (Fsp3) is 0.400. The van der Waals surface area contributed by atoms with Crippen LogP contribution in [0.15, 0.2) is 18.2 Å². The number of benzene rings is 1. The molecule has 0 aliphatic heterocycles. The third-order valence-corrected chi connectivity index (χ3v) is 1.97.